The standard InChI is InChI=1S/C11H12N2O/c1-9-4-5-11(8-10(9)2)14-13-7-3-6-12-13/h3-8H,1-2H3. The third-order valence-corrected chi connectivity index (χ3v) is 2.16. The normalized spacial score (nSPS) is 10.1. The fourth-order valence-electron chi connectivity index (χ4n) is 1.19. The van der Waals surface area contributed by atoms with Crippen molar-refractivity contribution in [2.24, 2.45) is 0 Å². The SMILES string of the molecule is Cc1ccc(On2cccn2)cc1C. The molecule has 0 spiro atoms. The lowest BCUT2D eigenvalue weighted by Gasteiger charge is -2.06. The van der Waals surface area contributed by atoms with Gasteiger partial charge in [-0.25, -0.2) is 0 Å². The van der Waals surface area contributed by atoms with Gasteiger partial charge >= 0.3 is 0 Å². The van der Waals surface area contributed by atoms with Gasteiger partial charge in [-0.3, -0.25) is 0 Å². The predicted molar refractivity (Wildman–Crippen MR) is 54.2 cm³/mol. The van der Waals surface area contributed by atoms with Crippen LogP contribution in [0, 0.1) is 13.8 Å². The Hall–Kier alpha value is -1.77. The van der Waals surface area contributed by atoms with Gasteiger partial charge in [0.15, 0.2) is 5.75 Å². The van der Waals surface area contributed by atoms with Crippen molar-refractivity contribution in [2.45, 2.75) is 13.8 Å². The molecular formula is C11H12N2O. The molecule has 0 bridgehead atoms. The summed E-state index contributed by atoms with van der Waals surface area (Å²) in [6, 6.07) is 7.79. The van der Waals surface area contributed by atoms with Crippen LogP contribution in [-0.2, 0) is 0 Å². The maximum atomic E-state index is 5.46. The van der Waals surface area contributed by atoms with Crippen LogP contribution in [0.2, 0.25) is 0 Å². The van der Waals surface area contributed by atoms with Crippen LogP contribution in [0.3, 0.4) is 0 Å². The summed E-state index contributed by atoms with van der Waals surface area (Å²) >= 11 is 0. The van der Waals surface area contributed by atoms with E-state index in [4.69, 9.17) is 4.84 Å². The first-order chi connectivity index (χ1) is 6.75. The van der Waals surface area contributed by atoms with Crippen molar-refractivity contribution in [3.63, 3.8) is 0 Å². The lowest BCUT2D eigenvalue weighted by molar-refractivity contribution is 0.178. The minimum absolute atomic E-state index is 0.803. The number of hydrogen-bond donors (Lipinski definition) is 0. The van der Waals surface area contributed by atoms with Gasteiger partial charge in [-0.15, -0.1) is 9.94 Å². The molecule has 1 aromatic heterocycles. The quantitative estimate of drug-likeness (QED) is 0.723. The van der Waals surface area contributed by atoms with Crippen molar-refractivity contribution in [3.05, 3.63) is 47.8 Å². The van der Waals surface area contributed by atoms with E-state index in [1.165, 1.54) is 16.0 Å². The summed E-state index contributed by atoms with van der Waals surface area (Å²) in [5.74, 6) is 0.803. The van der Waals surface area contributed by atoms with E-state index in [2.05, 4.69) is 18.9 Å². The van der Waals surface area contributed by atoms with Gasteiger partial charge in [0.05, 0.1) is 12.4 Å². The maximum absolute atomic E-state index is 5.46. The van der Waals surface area contributed by atoms with Crippen molar-refractivity contribution in [3.8, 4) is 5.75 Å². The number of aryl methyl sites for hydroxylation is 2. The Morgan fingerprint density at radius 3 is 2.71 bits per heavy atom. The van der Waals surface area contributed by atoms with Crippen molar-refractivity contribution in [2.75, 3.05) is 0 Å². The van der Waals surface area contributed by atoms with Gasteiger partial charge in [0.25, 0.3) is 0 Å². The Labute approximate surface area is 82.9 Å². The zero-order chi connectivity index (χ0) is 9.97. The highest BCUT2D eigenvalue weighted by Crippen LogP contribution is 2.16. The zero-order valence-corrected chi connectivity index (χ0v) is 8.27. The summed E-state index contributed by atoms with van der Waals surface area (Å²) in [4.78, 5) is 6.89. The molecule has 0 amide bonds. The minimum Gasteiger partial charge on any atom is -0.358 e. The molecule has 2 rings (SSSR count). The van der Waals surface area contributed by atoms with E-state index in [1.54, 1.807) is 12.4 Å². The molecule has 0 radical (unpaired) electrons. The number of aromatic nitrogens is 2. The molecule has 72 valence electrons. The third-order valence-electron chi connectivity index (χ3n) is 2.16. The average Bonchev–Trinajstić information content (AvgIpc) is 2.64. The summed E-state index contributed by atoms with van der Waals surface area (Å²) in [7, 11) is 0. The molecule has 0 aliphatic carbocycles. The second-order valence-electron chi connectivity index (χ2n) is 3.25. The third kappa shape index (κ3) is 1.76. The molecule has 3 heteroatoms. The smallest absolute Gasteiger partial charge is 0.158 e. The van der Waals surface area contributed by atoms with Crippen LogP contribution < -0.4 is 4.84 Å². The first-order valence-corrected chi connectivity index (χ1v) is 4.51. The second-order valence-corrected chi connectivity index (χ2v) is 3.25. The number of benzene rings is 1. The molecule has 0 unspecified atom stereocenters. The van der Waals surface area contributed by atoms with Crippen LogP contribution in [0.1, 0.15) is 11.1 Å². The first kappa shape index (κ1) is 8.81. The Balaban J connectivity index is 2.22. The summed E-state index contributed by atoms with van der Waals surface area (Å²) in [6.45, 7) is 4.14. The van der Waals surface area contributed by atoms with Crippen LogP contribution in [0.4, 0.5) is 0 Å². The largest absolute Gasteiger partial charge is 0.358 e. The molecular weight excluding hydrogens is 176 g/mol. The Bertz CT molecular complexity index is 421. The second kappa shape index (κ2) is 3.54. The molecule has 14 heavy (non-hydrogen) atoms. The van der Waals surface area contributed by atoms with Crippen LogP contribution in [0.25, 0.3) is 0 Å². The Kier molecular flexibility index (Phi) is 2.23. The molecule has 0 aliphatic rings. The summed E-state index contributed by atoms with van der Waals surface area (Å²) < 4.78 is 0. The lowest BCUT2D eigenvalue weighted by Crippen LogP contribution is -2.05. The fraction of sp³-hybridized carbons (Fsp3) is 0.182. The van der Waals surface area contributed by atoms with Gasteiger partial charge in [-0.05, 0) is 43.2 Å². The van der Waals surface area contributed by atoms with Gasteiger partial charge in [-0.2, -0.15) is 0 Å². The highest BCUT2D eigenvalue weighted by Gasteiger charge is 1.98. The van der Waals surface area contributed by atoms with Crippen LogP contribution in [0.5, 0.6) is 5.75 Å². The van der Waals surface area contributed by atoms with Gasteiger partial charge in [0.2, 0.25) is 0 Å². The molecule has 1 aromatic carbocycles. The van der Waals surface area contributed by atoms with Crippen molar-refractivity contribution >= 4 is 0 Å². The first-order valence-electron chi connectivity index (χ1n) is 4.51. The van der Waals surface area contributed by atoms with E-state index in [9.17, 15) is 0 Å². The molecule has 0 aliphatic heterocycles. The molecule has 2 aromatic rings. The van der Waals surface area contributed by atoms with E-state index < -0.39 is 0 Å². The van der Waals surface area contributed by atoms with Gasteiger partial charge in [0.1, 0.15) is 0 Å². The topological polar surface area (TPSA) is 27.1 Å². The molecule has 0 saturated heterocycles. The van der Waals surface area contributed by atoms with Gasteiger partial charge < -0.3 is 4.84 Å². The van der Waals surface area contributed by atoms with Gasteiger partial charge in [0, 0.05) is 0 Å². The molecule has 0 fully saturated rings. The summed E-state index contributed by atoms with van der Waals surface area (Å²) in [5.41, 5.74) is 2.48. The van der Waals surface area contributed by atoms with Crippen molar-refractivity contribution < 1.29 is 4.84 Å². The monoisotopic (exact) mass is 188 g/mol. The average molecular weight is 188 g/mol. The number of nitrogens with zero attached hydrogens (tertiary/aromatic N) is 2. The van der Waals surface area contributed by atoms with Crippen LogP contribution in [0.15, 0.2) is 36.7 Å². The van der Waals surface area contributed by atoms with E-state index in [0.29, 0.717) is 0 Å². The van der Waals surface area contributed by atoms with Crippen LogP contribution in [-0.4, -0.2) is 9.94 Å². The fourth-order valence-corrected chi connectivity index (χ4v) is 1.19. The molecule has 1 heterocycles. The minimum atomic E-state index is 0.803. The van der Waals surface area contributed by atoms with E-state index in [0.717, 1.165) is 5.75 Å². The lowest BCUT2D eigenvalue weighted by atomic mass is 10.1. The zero-order valence-electron chi connectivity index (χ0n) is 8.27. The molecule has 0 atom stereocenters. The van der Waals surface area contributed by atoms with Crippen molar-refractivity contribution in [1.82, 2.24) is 9.94 Å². The molecule has 0 N–H and O–H groups in total. The summed E-state index contributed by atoms with van der Waals surface area (Å²) in [5, 5.41) is 3.96. The van der Waals surface area contributed by atoms with Gasteiger partial charge in [-0.1, -0.05) is 6.07 Å². The predicted octanol–water partition coefficient (Wildman–Crippen LogP) is 2.34. The maximum Gasteiger partial charge on any atom is 0.158 e. The number of hydrogen-bond acceptors (Lipinski definition) is 2. The van der Waals surface area contributed by atoms with E-state index in [1.807, 2.05) is 24.3 Å². The number of rotatable bonds is 2. The van der Waals surface area contributed by atoms with Crippen molar-refractivity contribution in [1.29, 1.82) is 0 Å². The summed E-state index contributed by atoms with van der Waals surface area (Å²) in [6.07, 6.45) is 3.44. The highest BCUT2D eigenvalue weighted by atomic mass is 16.7. The van der Waals surface area contributed by atoms with E-state index in [-0.39, 0.29) is 0 Å². The Morgan fingerprint density at radius 1 is 1.21 bits per heavy atom. The molecule has 0 saturated carbocycles. The highest BCUT2D eigenvalue weighted by molar-refractivity contribution is 5.33. The van der Waals surface area contributed by atoms with Crippen LogP contribution >= 0.6 is 0 Å². The Morgan fingerprint density at radius 2 is 2.07 bits per heavy atom. The van der Waals surface area contributed by atoms with E-state index >= 15 is 0 Å². The molecule has 3 nitrogen and oxygen atoms in total.